The molecular formula is C14H10NO. The summed E-state index contributed by atoms with van der Waals surface area (Å²) in [6.07, 6.45) is 0. The lowest BCUT2D eigenvalue weighted by atomic mass is 10.2. The summed E-state index contributed by atoms with van der Waals surface area (Å²) in [6, 6.07) is 19.9. The van der Waals surface area contributed by atoms with Crippen molar-refractivity contribution >= 4 is 0 Å². The van der Waals surface area contributed by atoms with Gasteiger partial charge in [-0.3, -0.25) is 0 Å². The Morgan fingerprint density at radius 3 is 2.56 bits per heavy atom. The molecule has 0 heterocycles. The Balaban J connectivity index is 1.98. The zero-order valence-electron chi connectivity index (χ0n) is 8.68. The minimum absolute atomic E-state index is 0.492. The second kappa shape index (κ2) is 4.99. The maximum absolute atomic E-state index is 8.65. The molecular weight excluding hydrogens is 198 g/mol. The van der Waals surface area contributed by atoms with E-state index in [1.165, 1.54) is 0 Å². The third-order valence-electron chi connectivity index (χ3n) is 2.16. The molecule has 16 heavy (non-hydrogen) atoms. The monoisotopic (exact) mass is 208 g/mol. The summed E-state index contributed by atoms with van der Waals surface area (Å²) in [5.41, 5.74) is 1.70. The molecule has 2 rings (SSSR count). The molecule has 0 N–H and O–H groups in total. The standard InChI is InChI=1S/C14H10NO/c15-10-12-6-8-13(9-7-12)11-16-14-4-2-1-3-5-14/h1-4,6-9H,11H2. The minimum atomic E-state index is 0.492. The van der Waals surface area contributed by atoms with Gasteiger partial charge in [-0.15, -0.1) is 0 Å². The van der Waals surface area contributed by atoms with Gasteiger partial charge in [-0.05, 0) is 23.8 Å². The van der Waals surface area contributed by atoms with Crippen LogP contribution in [0, 0.1) is 17.4 Å². The van der Waals surface area contributed by atoms with E-state index in [1.54, 1.807) is 12.1 Å². The van der Waals surface area contributed by atoms with Crippen LogP contribution in [0.5, 0.6) is 5.75 Å². The molecule has 0 saturated heterocycles. The average molecular weight is 208 g/mol. The highest BCUT2D eigenvalue weighted by Crippen LogP contribution is 2.11. The highest BCUT2D eigenvalue weighted by atomic mass is 16.5. The highest BCUT2D eigenvalue weighted by Gasteiger charge is 1.95. The maximum Gasteiger partial charge on any atom is 0.127 e. The Kier molecular flexibility index (Phi) is 3.20. The fourth-order valence-electron chi connectivity index (χ4n) is 1.30. The van der Waals surface area contributed by atoms with Gasteiger partial charge in [0.1, 0.15) is 12.4 Å². The Hall–Kier alpha value is -2.27. The summed E-state index contributed by atoms with van der Waals surface area (Å²) in [5.74, 6) is 0.729. The number of nitriles is 1. The van der Waals surface area contributed by atoms with E-state index in [-0.39, 0.29) is 0 Å². The molecule has 0 aliphatic carbocycles. The SMILES string of the molecule is N#Cc1ccc(COc2[c]cccc2)cc1. The Bertz CT molecular complexity index is 482. The second-order valence-corrected chi connectivity index (χ2v) is 3.32. The number of benzene rings is 2. The van der Waals surface area contributed by atoms with Crippen LogP contribution in [0.4, 0.5) is 0 Å². The number of para-hydroxylation sites is 1. The molecule has 1 radical (unpaired) electrons. The van der Waals surface area contributed by atoms with E-state index in [9.17, 15) is 0 Å². The second-order valence-electron chi connectivity index (χ2n) is 3.32. The fourth-order valence-corrected chi connectivity index (χ4v) is 1.30. The van der Waals surface area contributed by atoms with Crippen molar-refractivity contribution in [2.24, 2.45) is 0 Å². The average Bonchev–Trinajstić information content (AvgIpc) is 2.38. The van der Waals surface area contributed by atoms with Gasteiger partial charge in [-0.25, -0.2) is 0 Å². The first-order chi connectivity index (χ1) is 7.88. The van der Waals surface area contributed by atoms with Crippen molar-refractivity contribution in [3.8, 4) is 11.8 Å². The van der Waals surface area contributed by atoms with Crippen LogP contribution in [-0.2, 0) is 6.61 Å². The van der Waals surface area contributed by atoms with Crippen molar-refractivity contribution < 1.29 is 4.74 Å². The van der Waals surface area contributed by atoms with Crippen molar-refractivity contribution in [3.63, 3.8) is 0 Å². The van der Waals surface area contributed by atoms with E-state index >= 15 is 0 Å². The lowest BCUT2D eigenvalue weighted by molar-refractivity contribution is 0.305. The van der Waals surface area contributed by atoms with Gasteiger partial charge in [-0.1, -0.05) is 30.3 Å². The summed E-state index contributed by atoms with van der Waals surface area (Å²) in [6.45, 7) is 0.492. The van der Waals surface area contributed by atoms with Gasteiger partial charge in [0.05, 0.1) is 11.6 Å². The molecule has 77 valence electrons. The van der Waals surface area contributed by atoms with E-state index in [0.29, 0.717) is 12.2 Å². The normalized spacial score (nSPS) is 9.44. The lowest BCUT2D eigenvalue weighted by Crippen LogP contribution is -1.95. The van der Waals surface area contributed by atoms with Crippen molar-refractivity contribution in [1.29, 1.82) is 5.26 Å². The third kappa shape index (κ3) is 2.61. The summed E-state index contributed by atoms with van der Waals surface area (Å²) in [5, 5.41) is 8.65. The molecule has 0 unspecified atom stereocenters. The van der Waals surface area contributed by atoms with Gasteiger partial charge in [0.2, 0.25) is 0 Å². The number of hydrogen-bond acceptors (Lipinski definition) is 2. The molecule has 0 saturated carbocycles. The first-order valence-electron chi connectivity index (χ1n) is 4.97. The lowest BCUT2D eigenvalue weighted by Gasteiger charge is -2.05. The summed E-state index contributed by atoms with van der Waals surface area (Å²) in [4.78, 5) is 0. The molecule has 2 aromatic rings. The van der Waals surface area contributed by atoms with Crippen LogP contribution in [-0.4, -0.2) is 0 Å². The number of ether oxygens (including phenoxy) is 1. The van der Waals surface area contributed by atoms with E-state index in [0.717, 1.165) is 11.3 Å². The molecule has 2 heteroatoms. The molecule has 0 aromatic heterocycles. The molecule has 0 spiro atoms. The van der Waals surface area contributed by atoms with Crippen molar-refractivity contribution in [2.45, 2.75) is 6.61 Å². The van der Waals surface area contributed by atoms with Crippen LogP contribution in [0.2, 0.25) is 0 Å². The highest BCUT2D eigenvalue weighted by molar-refractivity contribution is 5.31. The quantitative estimate of drug-likeness (QED) is 0.776. The van der Waals surface area contributed by atoms with Crippen LogP contribution in [0.1, 0.15) is 11.1 Å². The van der Waals surface area contributed by atoms with Crippen LogP contribution in [0.3, 0.4) is 0 Å². The Morgan fingerprint density at radius 1 is 1.12 bits per heavy atom. The molecule has 0 amide bonds. The smallest absolute Gasteiger partial charge is 0.127 e. The molecule has 2 aromatic carbocycles. The van der Waals surface area contributed by atoms with Gasteiger partial charge in [0.15, 0.2) is 0 Å². The van der Waals surface area contributed by atoms with Crippen molar-refractivity contribution in [3.05, 3.63) is 65.7 Å². The zero-order chi connectivity index (χ0) is 11.2. The van der Waals surface area contributed by atoms with Gasteiger partial charge in [0.25, 0.3) is 0 Å². The number of hydrogen-bond donors (Lipinski definition) is 0. The first kappa shape index (κ1) is 10.3. The molecule has 0 aliphatic rings. The predicted octanol–water partition coefficient (Wildman–Crippen LogP) is 2.94. The third-order valence-corrected chi connectivity index (χ3v) is 2.16. The summed E-state index contributed by atoms with van der Waals surface area (Å²) < 4.78 is 5.53. The van der Waals surface area contributed by atoms with E-state index in [2.05, 4.69) is 12.1 Å². The molecule has 0 atom stereocenters. The largest absolute Gasteiger partial charge is 0.488 e. The van der Waals surface area contributed by atoms with Gasteiger partial charge >= 0.3 is 0 Å². The molecule has 0 fully saturated rings. The molecule has 0 aliphatic heterocycles. The van der Waals surface area contributed by atoms with Crippen LogP contribution in [0.25, 0.3) is 0 Å². The van der Waals surface area contributed by atoms with E-state index in [4.69, 9.17) is 10.00 Å². The van der Waals surface area contributed by atoms with Gasteiger partial charge in [0, 0.05) is 6.07 Å². The van der Waals surface area contributed by atoms with Crippen LogP contribution < -0.4 is 4.74 Å². The topological polar surface area (TPSA) is 33.0 Å². The van der Waals surface area contributed by atoms with E-state index in [1.807, 2.05) is 36.4 Å². The van der Waals surface area contributed by atoms with Crippen molar-refractivity contribution in [1.82, 2.24) is 0 Å². The van der Waals surface area contributed by atoms with Crippen molar-refractivity contribution in [2.75, 3.05) is 0 Å². The van der Waals surface area contributed by atoms with Crippen LogP contribution in [0.15, 0.2) is 48.5 Å². The summed E-state index contributed by atoms with van der Waals surface area (Å²) in [7, 11) is 0. The predicted molar refractivity (Wildman–Crippen MR) is 60.8 cm³/mol. The maximum atomic E-state index is 8.65. The fraction of sp³-hybridized carbons (Fsp3) is 0.0714. The first-order valence-corrected chi connectivity index (χ1v) is 4.97. The molecule has 0 bridgehead atoms. The molecule has 2 nitrogen and oxygen atoms in total. The number of rotatable bonds is 3. The minimum Gasteiger partial charge on any atom is -0.488 e. The summed E-state index contributed by atoms with van der Waals surface area (Å²) >= 11 is 0. The van der Waals surface area contributed by atoms with Gasteiger partial charge < -0.3 is 4.74 Å². The Morgan fingerprint density at radius 2 is 1.94 bits per heavy atom. The van der Waals surface area contributed by atoms with Crippen LogP contribution >= 0.6 is 0 Å². The number of nitrogens with zero attached hydrogens (tertiary/aromatic N) is 1. The van der Waals surface area contributed by atoms with E-state index < -0.39 is 0 Å². The zero-order valence-corrected chi connectivity index (χ0v) is 8.68. The Labute approximate surface area is 94.7 Å². The van der Waals surface area contributed by atoms with Gasteiger partial charge in [-0.2, -0.15) is 5.26 Å².